The Morgan fingerprint density at radius 3 is 2.69 bits per heavy atom. The lowest BCUT2D eigenvalue weighted by atomic mass is 10.2. The molecule has 0 aliphatic carbocycles. The number of hydrogen-bond donors (Lipinski definition) is 2. The second kappa shape index (κ2) is 10.1. The SMILES string of the molecule is NCN=Nc1cccc(Cn2cc(S(=O)(=O)CC(=O)Nc3ccccn3)c3c(F)cc(F)cc32)c1. The minimum atomic E-state index is -4.30. The molecule has 3 N–H and O–H groups in total. The molecule has 0 atom stereocenters. The van der Waals surface area contributed by atoms with Gasteiger partial charge in [0.15, 0.2) is 9.84 Å². The van der Waals surface area contributed by atoms with Gasteiger partial charge in [0.1, 0.15) is 29.9 Å². The number of pyridine rings is 1. The molecule has 9 nitrogen and oxygen atoms in total. The van der Waals surface area contributed by atoms with E-state index in [0.29, 0.717) is 17.3 Å². The van der Waals surface area contributed by atoms with Gasteiger partial charge in [0.25, 0.3) is 0 Å². The van der Waals surface area contributed by atoms with Crippen LogP contribution in [0.15, 0.2) is 82.1 Å². The van der Waals surface area contributed by atoms with Gasteiger partial charge in [0.05, 0.1) is 21.5 Å². The summed E-state index contributed by atoms with van der Waals surface area (Å²) in [5.74, 6) is -3.53. The van der Waals surface area contributed by atoms with Crippen molar-refractivity contribution in [1.29, 1.82) is 0 Å². The van der Waals surface area contributed by atoms with Crippen LogP contribution in [0, 0.1) is 11.6 Å². The van der Waals surface area contributed by atoms with E-state index in [4.69, 9.17) is 5.73 Å². The number of nitrogens with zero attached hydrogens (tertiary/aromatic N) is 4. The molecule has 2 aromatic heterocycles. The van der Waals surface area contributed by atoms with Gasteiger partial charge in [-0.15, -0.1) is 0 Å². The van der Waals surface area contributed by atoms with Crippen molar-refractivity contribution in [2.24, 2.45) is 16.0 Å². The lowest BCUT2D eigenvalue weighted by Gasteiger charge is -2.06. The quantitative estimate of drug-likeness (QED) is 0.357. The molecular weight excluding hydrogens is 478 g/mol. The Balaban J connectivity index is 1.71. The maximum absolute atomic E-state index is 14.8. The Kier molecular flexibility index (Phi) is 6.94. The predicted molar refractivity (Wildman–Crippen MR) is 126 cm³/mol. The summed E-state index contributed by atoms with van der Waals surface area (Å²) in [5.41, 5.74) is 6.55. The predicted octanol–water partition coefficient (Wildman–Crippen LogP) is 3.78. The van der Waals surface area contributed by atoms with Crippen LogP contribution in [0.5, 0.6) is 0 Å². The van der Waals surface area contributed by atoms with Crippen LogP contribution in [0.3, 0.4) is 0 Å². The number of nitrogens with one attached hydrogen (secondary N) is 1. The molecular formula is C23H20F2N6O3S. The van der Waals surface area contributed by atoms with Gasteiger partial charge in [0, 0.05) is 25.0 Å². The molecule has 0 bridgehead atoms. The molecule has 0 spiro atoms. The molecule has 0 radical (unpaired) electrons. The minimum Gasteiger partial charge on any atom is -0.342 e. The third kappa shape index (κ3) is 5.55. The average molecular weight is 499 g/mol. The summed E-state index contributed by atoms with van der Waals surface area (Å²) in [4.78, 5) is 15.9. The Labute approximate surface area is 199 Å². The molecule has 0 aliphatic heterocycles. The highest BCUT2D eigenvalue weighted by molar-refractivity contribution is 7.92. The molecule has 12 heteroatoms. The lowest BCUT2D eigenvalue weighted by molar-refractivity contribution is -0.113. The van der Waals surface area contributed by atoms with Crippen LogP contribution in [0.4, 0.5) is 20.3 Å². The number of aromatic nitrogens is 2. The summed E-state index contributed by atoms with van der Waals surface area (Å²) in [6, 6.07) is 13.3. The van der Waals surface area contributed by atoms with Gasteiger partial charge in [-0.05, 0) is 35.9 Å². The van der Waals surface area contributed by atoms with Gasteiger partial charge in [-0.1, -0.05) is 18.2 Å². The summed E-state index contributed by atoms with van der Waals surface area (Å²) in [6.45, 7) is 0.0984. The highest BCUT2D eigenvalue weighted by Gasteiger charge is 2.27. The van der Waals surface area contributed by atoms with Gasteiger partial charge < -0.3 is 15.6 Å². The molecule has 4 rings (SSSR count). The first-order chi connectivity index (χ1) is 16.8. The first-order valence-electron chi connectivity index (χ1n) is 10.3. The number of hydrogen-bond acceptors (Lipinski definition) is 7. The van der Waals surface area contributed by atoms with Gasteiger partial charge >= 0.3 is 0 Å². The van der Waals surface area contributed by atoms with E-state index in [1.54, 1.807) is 36.4 Å². The topological polar surface area (TPSA) is 132 Å². The molecule has 4 aromatic rings. The van der Waals surface area contributed by atoms with E-state index in [0.717, 1.165) is 6.07 Å². The van der Waals surface area contributed by atoms with Crippen LogP contribution in [-0.2, 0) is 21.2 Å². The largest absolute Gasteiger partial charge is 0.342 e. The van der Waals surface area contributed by atoms with Crippen molar-refractivity contribution in [3.8, 4) is 0 Å². The molecule has 1 amide bonds. The monoisotopic (exact) mass is 498 g/mol. The normalized spacial score (nSPS) is 11.9. The smallest absolute Gasteiger partial charge is 0.241 e. The Hall–Kier alpha value is -4.03. The standard InChI is InChI=1S/C23H20F2N6O3S/c24-16-9-18(25)23-19(10-16)31(11-15-4-3-5-17(8-15)30-28-14-26)12-20(23)35(33,34)13-22(32)29-21-6-1-2-7-27-21/h1-10,12H,11,13-14,26H2,(H,27,29,32). The number of carbonyl (C=O) groups is 1. The zero-order valence-electron chi connectivity index (χ0n) is 18.2. The number of rotatable bonds is 8. The fraction of sp³-hybridized carbons (Fsp3) is 0.130. The second-order valence-corrected chi connectivity index (χ2v) is 9.48. The van der Waals surface area contributed by atoms with Crippen molar-refractivity contribution in [3.05, 3.63) is 84.2 Å². The fourth-order valence-electron chi connectivity index (χ4n) is 3.57. The van der Waals surface area contributed by atoms with Gasteiger partial charge in [-0.2, -0.15) is 10.2 Å². The number of halogens is 2. The van der Waals surface area contributed by atoms with Crippen LogP contribution in [0.2, 0.25) is 0 Å². The second-order valence-electron chi connectivity index (χ2n) is 7.52. The van der Waals surface area contributed by atoms with E-state index in [2.05, 4.69) is 20.5 Å². The molecule has 180 valence electrons. The van der Waals surface area contributed by atoms with Crippen LogP contribution in [0.1, 0.15) is 5.56 Å². The maximum atomic E-state index is 14.8. The lowest BCUT2D eigenvalue weighted by Crippen LogP contribution is -2.23. The number of azo groups is 1. The number of benzene rings is 2. The summed E-state index contributed by atoms with van der Waals surface area (Å²) < 4.78 is 56.5. The summed E-state index contributed by atoms with van der Waals surface area (Å²) in [5, 5.41) is 9.78. The van der Waals surface area contributed by atoms with Gasteiger partial charge in [-0.25, -0.2) is 22.2 Å². The average Bonchev–Trinajstić information content (AvgIpc) is 3.17. The van der Waals surface area contributed by atoms with E-state index in [-0.39, 0.29) is 29.9 Å². The molecule has 2 heterocycles. The molecule has 0 aliphatic rings. The molecule has 0 fully saturated rings. The van der Waals surface area contributed by atoms with E-state index in [1.165, 1.54) is 23.0 Å². The number of carbonyl (C=O) groups excluding carboxylic acids is 1. The zero-order chi connectivity index (χ0) is 25.0. The van der Waals surface area contributed by atoms with Crippen LogP contribution in [0.25, 0.3) is 10.9 Å². The highest BCUT2D eigenvalue weighted by atomic mass is 32.2. The molecule has 0 saturated carbocycles. The van der Waals surface area contributed by atoms with Crippen LogP contribution in [-0.4, -0.2) is 36.3 Å². The van der Waals surface area contributed by atoms with Crippen molar-refractivity contribution < 1.29 is 22.0 Å². The minimum absolute atomic E-state index is 0.0140. The maximum Gasteiger partial charge on any atom is 0.241 e. The molecule has 35 heavy (non-hydrogen) atoms. The number of nitrogens with two attached hydrogens (primary N) is 1. The van der Waals surface area contributed by atoms with E-state index >= 15 is 0 Å². The number of amides is 1. The Morgan fingerprint density at radius 1 is 1.11 bits per heavy atom. The molecule has 0 unspecified atom stereocenters. The number of sulfone groups is 1. The summed E-state index contributed by atoms with van der Waals surface area (Å²) in [7, 11) is -4.30. The van der Waals surface area contributed by atoms with Crippen molar-refractivity contribution in [2.75, 3.05) is 17.7 Å². The fourth-order valence-corrected chi connectivity index (χ4v) is 4.95. The van der Waals surface area contributed by atoms with Crippen molar-refractivity contribution in [3.63, 3.8) is 0 Å². The van der Waals surface area contributed by atoms with E-state index in [1.807, 2.05) is 0 Å². The molecule has 0 saturated heterocycles. The van der Waals surface area contributed by atoms with E-state index in [9.17, 15) is 22.0 Å². The third-order valence-corrected chi connectivity index (χ3v) is 6.60. The molecule has 2 aromatic carbocycles. The Morgan fingerprint density at radius 2 is 1.94 bits per heavy atom. The first-order valence-corrected chi connectivity index (χ1v) is 12.0. The van der Waals surface area contributed by atoms with Crippen molar-refractivity contribution >= 4 is 38.2 Å². The summed E-state index contributed by atoms with van der Waals surface area (Å²) >= 11 is 0. The van der Waals surface area contributed by atoms with E-state index < -0.39 is 38.0 Å². The number of fused-ring (bicyclic) bond motifs is 1. The van der Waals surface area contributed by atoms with Crippen molar-refractivity contribution in [2.45, 2.75) is 11.4 Å². The Bertz CT molecular complexity index is 1520. The third-order valence-electron chi connectivity index (χ3n) is 4.98. The van der Waals surface area contributed by atoms with Crippen LogP contribution >= 0.6 is 0 Å². The highest BCUT2D eigenvalue weighted by Crippen LogP contribution is 2.31. The number of anilines is 1. The van der Waals surface area contributed by atoms with Gasteiger partial charge in [0.2, 0.25) is 5.91 Å². The first kappa shape index (κ1) is 24.1. The van der Waals surface area contributed by atoms with Crippen LogP contribution < -0.4 is 11.1 Å². The summed E-state index contributed by atoms with van der Waals surface area (Å²) in [6.07, 6.45) is 2.64. The zero-order valence-corrected chi connectivity index (χ0v) is 19.0. The van der Waals surface area contributed by atoms with Gasteiger partial charge in [-0.3, -0.25) is 4.79 Å². The van der Waals surface area contributed by atoms with Crippen molar-refractivity contribution in [1.82, 2.24) is 9.55 Å².